The molecule has 1 aromatic carbocycles. The third kappa shape index (κ3) is 4.82. The van der Waals surface area contributed by atoms with Gasteiger partial charge in [0.1, 0.15) is 0 Å². The Hall–Kier alpha value is -1.82. The quantitative estimate of drug-likeness (QED) is 0.843. The number of aliphatic hydroxyl groups is 1. The zero-order valence-corrected chi connectivity index (χ0v) is 13.9. The van der Waals surface area contributed by atoms with Crippen LogP contribution in [0.2, 0.25) is 0 Å². The number of ether oxygens (including phenoxy) is 1. The molecular weight excluding hydrogens is 299 g/mol. The largest absolute Gasteiger partial charge is 0.487 e. The highest BCUT2D eigenvalue weighted by Crippen LogP contribution is 2.28. The molecule has 2 amide bonds. The summed E-state index contributed by atoms with van der Waals surface area (Å²) in [5.41, 5.74) is 0.365. The molecule has 0 aliphatic heterocycles. The average molecular weight is 324 g/mol. The van der Waals surface area contributed by atoms with Crippen LogP contribution in [0.3, 0.4) is 0 Å². The Morgan fingerprint density at radius 3 is 2.61 bits per heavy atom. The van der Waals surface area contributed by atoms with Gasteiger partial charge in [0.05, 0.1) is 12.2 Å². The molecule has 0 spiro atoms. The first-order valence-corrected chi connectivity index (χ1v) is 8.08. The van der Waals surface area contributed by atoms with Gasteiger partial charge in [-0.3, -0.25) is 0 Å². The Morgan fingerprint density at radius 1 is 1.43 bits per heavy atom. The van der Waals surface area contributed by atoms with Crippen LogP contribution in [-0.4, -0.2) is 40.8 Å². The number of amides is 2. The molecule has 0 radical (unpaired) electrons. The summed E-state index contributed by atoms with van der Waals surface area (Å²) in [6, 6.07) is 3.98. The first kappa shape index (κ1) is 17.5. The first-order valence-electron chi connectivity index (χ1n) is 8.08. The van der Waals surface area contributed by atoms with Gasteiger partial charge in [-0.05, 0) is 52.2 Å². The molecule has 2 N–H and O–H groups in total. The van der Waals surface area contributed by atoms with Crippen LogP contribution in [0.4, 0.5) is 14.9 Å². The minimum absolute atomic E-state index is 0.0735. The molecule has 5 nitrogen and oxygen atoms in total. The lowest BCUT2D eigenvalue weighted by atomic mass is 9.96. The van der Waals surface area contributed by atoms with Gasteiger partial charge < -0.3 is 20.1 Å². The third-order valence-electron chi connectivity index (χ3n) is 3.87. The number of hydrogen-bond donors (Lipinski definition) is 2. The fourth-order valence-electron chi connectivity index (χ4n) is 2.35. The van der Waals surface area contributed by atoms with Gasteiger partial charge in [0.2, 0.25) is 0 Å². The fourth-order valence-corrected chi connectivity index (χ4v) is 2.35. The average Bonchev–Trinajstić information content (AvgIpc) is 2.41. The van der Waals surface area contributed by atoms with Crippen LogP contribution in [0.5, 0.6) is 5.75 Å². The number of nitrogens with one attached hydrogen (secondary N) is 1. The van der Waals surface area contributed by atoms with Crippen molar-refractivity contribution in [3.05, 3.63) is 24.0 Å². The number of rotatable bonds is 6. The summed E-state index contributed by atoms with van der Waals surface area (Å²) in [4.78, 5) is 13.8. The summed E-state index contributed by atoms with van der Waals surface area (Å²) in [6.07, 6.45) is 2.52. The Bertz CT molecular complexity index is 545. The first-order chi connectivity index (χ1) is 10.9. The van der Waals surface area contributed by atoms with E-state index < -0.39 is 11.9 Å². The molecular formula is C17H25FN2O3. The Balaban J connectivity index is 2.00. The summed E-state index contributed by atoms with van der Waals surface area (Å²) in [5.74, 6) is -0.265. The van der Waals surface area contributed by atoms with E-state index in [1.54, 1.807) is 13.0 Å². The Labute approximate surface area is 136 Å². The standard InChI is InChI=1S/C17H25FN2O3/c1-11(2)20(10-12(3)21)17(22)19-13-7-8-16(15(18)9-13)23-14-5-4-6-14/h7-9,11-12,14,21H,4-6,10H2,1-3H3,(H,19,22). The lowest BCUT2D eigenvalue weighted by Crippen LogP contribution is -2.43. The molecule has 0 heterocycles. The monoisotopic (exact) mass is 324 g/mol. The number of halogens is 1. The van der Waals surface area contributed by atoms with E-state index in [0.717, 1.165) is 19.3 Å². The molecule has 0 saturated heterocycles. The summed E-state index contributed by atoms with van der Waals surface area (Å²) >= 11 is 0. The van der Waals surface area contributed by atoms with Crippen LogP contribution < -0.4 is 10.1 Å². The van der Waals surface area contributed by atoms with Gasteiger partial charge in [0, 0.05) is 24.3 Å². The van der Waals surface area contributed by atoms with E-state index in [2.05, 4.69) is 5.32 Å². The number of urea groups is 1. The van der Waals surface area contributed by atoms with Crippen molar-refractivity contribution in [2.75, 3.05) is 11.9 Å². The maximum Gasteiger partial charge on any atom is 0.322 e. The second-order valence-electron chi connectivity index (χ2n) is 6.34. The minimum atomic E-state index is -0.627. The van der Waals surface area contributed by atoms with E-state index in [-0.39, 0.29) is 30.5 Å². The third-order valence-corrected chi connectivity index (χ3v) is 3.87. The second-order valence-corrected chi connectivity index (χ2v) is 6.34. The van der Waals surface area contributed by atoms with E-state index in [1.165, 1.54) is 17.0 Å². The highest BCUT2D eigenvalue weighted by atomic mass is 19.1. The maximum absolute atomic E-state index is 14.1. The van der Waals surface area contributed by atoms with Crippen molar-refractivity contribution in [3.63, 3.8) is 0 Å². The zero-order valence-electron chi connectivity index (χ0n) is 13.9. The number of carbonyl (C=O) groups is 1. The highest BCUT2D eigenvalue weighted by molar-refractivity contribution is 5.89. The zero-order chi connectivity index (χ0) is 17.0. The summed E-state index contributed by atoms with van der Waals surface area (Å²) in [5, 5.41) is 12.1. The molecule has 6 heteroatoms. The van der Waals surface area contributed by atoms with Crippen molar-refractivity contribution in [2.24, 2.45) is 0 Å². The number of carbonyl (C=O) groups excluding carboxylic acids is 1. The van der Waals surface area contributed by atoms with Crippen LogP contribution in [0.1, 0.15) is 40.0 Å². The molecule has 128 valence electrons. The predicted octanol–water partition coefficient (Wildman–Crippen LogP) is 3.38. The number of benzene rings is 1. The van der Waals surface area contributed by atoms with E-state index in [0.29, 0.717) is 5.69 Å². The van der Waals surface area contributed by atoms with Crippen LogP contribution in [-0.2, 0) is 0 Å². The lowest BCUT2D eigenvalue weighted by Gasteiger charge is -2.28. The summed E-state index contributed by atoms with van der Waals surface area (Å²) < 4.78 is 19.6. The van der Waals surface area contributed by atoms with Gasteiger partial charge in [-0.15, -0.1) is 0 Å². The number of anilines is 1. The molecule has 0 bridgehead atoms. The second kappa shape index (κ2) is 7.64. The van der Waals surface area contributed by atoms with Crippen molar-refractivity contribution < 1.29 is 19.0 Å². The van der Waals surface area contributed by atoms with Crippen molar-refractivity contribution in [1.29, 1.82) is 0 Å². The van der Waals surface area contributed by atoms with Crippen molar-refractivity contribution >= 4 is 11.7 Å². The lowest BCUT2D eigenvalue weighted by molar-refractivity contribution is 0.115. The van der Waals surface area contributed by atoms with Crippen molar-refractivity contribution in [1.82, 2.24) is 4.90 Å². The Morgan fingerprint density at radius 2 is 2.13 bits per heavy atom. The molecule has 1 fully saturated rings. The molecule has 23 heavy (non-hydrogen) atoms. The van der Waals surface area contributed by atoms with E-state index in [1.807, 2.05) is 13.8 Å². The van der Waals surface area contributed by atoms with Gasteiger partial charge in [-0.2, -0.15) is 0 Å². The molecule has 1 aliphatic rings. The molecule has 1 unspecified atom stereocenters. The summed E-state index contributed by atoms with van der Waals surface area (Å²) in [6.45, 7) is 5.56. The normalized spacial score (nSPS) is 15.9. The van der Waals surface area contributed by atoms with Gasteiger partial charge in [0.25, 0.3) is 0 Å². The molecule has 1 aromatic rings. The van der Waals surface area contributed by atoms with Gasteiger partial charge in [-0.25, -0.2) is 9.18 Å². The highest BCUT2D eigenvalue weighted by Gasteiger charge is 2.22. The van der Waals surface area contributed by atoms with Gasteiger partial charge >= 0.3 is 6.03 Å². The molecule has 1 aliphatic carbocycles. The van der Waals surface area contributed by atoms with Crippen LogP contribution >= 0.6 is 0 Å². The van der Waals surface area contributed by atoms with E-state index in [4.69, 9.17) is 4.74 Å². The van der Waals surface area contributed by atoms with Crippen LogP contribution in [0.15, 0.2) is 18.2 Å². The predicted molar refractivity (Wildman–Crippen MR) is 87.2 cm³/mol. The Kier molecular flexibility index (Phi) is 5.82. The van der Waals surface area contributed by atoms with Gasteiger partial charge in [-0.1, -0.05) is 0 Å². The van der Waals surface area contributed by atoms with Crippen molar-refractivity contribution in [2.45, 2.75) is 58.3 Å². The molecule has 1 atom stereocenters. The minimum Gasteiger partial charge on any atom is -0.487 e. The molecule has 0 aromatic heterocycles. The summed E-state index contributed by atoms with van der Waals surface area (Å²) in [7, 11) is 0. The number of nitrogens with zero attached hydrogens (tertiary/aromatic N) is 1. The smallest absolute Gasteiger partial charge is 0.322 e. The molecule has 2 rings (SSSR count). The SMILES string of the molecule is CC(O)CN(C(=O)Nc1ccc(OC2CCC2)c(F)c1)C(C)C. The molecule has 1 saturated carbocycles. The van der Waals surface area contributed by atoms with Crippen molar-refractivity contribution in [3.8, 4) is 5.75 Å². The van der Waals surface area contributed by atoms with Crippen LogP contribution in [0, 0.1) is 5.82 Å². The fraction of sp³-hybridized carbons (Fsp3) is 0.588. The van der Waals surface area contributed by atoms with Crippen LogP contribution in [0.25, 0.3) is 0 Å². The van der Waals surface area contributed by atoms with Gasteiger partial charge in [0.15, 0.2) is 11.6 Å². The topological polar surface area (TPSA) is 61.8 Å². The number of aliphatic hydroxyl groups excluding tert-OH is 1. The number of hydrogen-bond acceptors (Lipinski definition) is 3. The van der Waals surface area contributed by atoms with E-state index in [9.17, 15) is 14.3 Å². The maximum atomic E-state index is 14.1. The van der Waals surface area contributed by atoms with E-state index >= 15 is 0 Å².